The van der Waals surface area contributed by atoms with Crippen molar-refractivity contribution in [3.05, 3.63) is 23.9 Å². The topological polar surface area (TPSA) is 56.7 Å². The molecule has 1 aromatic heterocycles. The number of piperidine rings is 1. The van der Waals surface area contributed by atoms with Crippen LogP contribution in [0.1, 0.15) is 50.5 Å². The van der Waals surface area contributed by atoms with Crippen molar-refractivity contribution in [2.75, 3.05) is 24.5 Å². The Morgan fingerprint density at radius 2 is 2.00 bits per heavy atom. The molecule has 1 aliphatic carbocycles. The number of carbonyl (C=O) groups is 1. The van der Waals surface area contributed by atoms with Gasteiger partial charge < -0.3 is 14.9 Å². The third-order valence-corrected chi connectivity index (χ3v) is 5.98. The first kappa shape index (κ1) is 20.9. The molecule has 0 bridgehead atoms. The molecule has 0 spiro atoms. The summed E-state index contributed by atoms with van der Waals surface area (Å²) in [4.78, 5) is 19.1. The lowest BCUT2D eigenvalue weighted by molar-refractivity contribution is -0.137. The molecule has 2 heterocycles. The number of aliphatic hydroxyl groups is 1. The molecular formula is C20H28F3N3O2. The van der Waals surface area contributed by atoms with Crippen molar-refractivity contribution in [1.82, 2.24) is 9.88 Å². The molecule has 1 atom stereocenters. The number of aliphatic hydroxyl groups excluding tert-OH is 1. The number of alkyl halides is 3. The second-order valence-electron chi connectivity index (χ2n) is 7.92. The zero-order chi connectivity index (χ0) is 20.1. The molecule has 1 N–H and O–H groups in total. The van der Waals surface area contributed by atoms with E-state index in [4.69, 9.17) is 0 Å². The van der Waals surface area contributed by atoms with E-state index in [1.54, 1.807) is 4.90 Å². The third kappa shape index (κ3) is 5.16. The Morgan fingerprint density at radius 1 is 1.25 bits per heavy atom. The predicted molar refractivity (Wildman–Crippen MR) is 99.8 cm³/mol. The number of nitrogens with zero attached hydrogens (tertiary/aromatic N) is 3. The fourth-order valence-electron chi connectivity index (χ4n) is 4.41. The number of hydrogen-bond acceptors (Lipinski definition) is 4. The van der Waals surface area contributed by atoms with Crippen LogP contribution < -0.4 is 4.90 Å². The average Bonchev–Trinajstić information content (AvgIpc) is 2.69. The molecule has 2 fully saturated rings. The number of halogens is 3. The number of carbonyl (C=O) groups excluding carboxylic acids is 1. The summed E-state index contributed by atoms with van der Waals surface area (Å²) < 4.78 is 39.9. The molecule has 28 heavy (non-hydrogen) atoms. The maximum Gasteiger partial charge on any atom is 0.419 e. The van der Waals surface area contributed by atoms with E-state index in [1.807, 2.05) is 4.90 Å². The minimum Gasteiger partial charge on any atom is -0.393 e. The van der Waals surface area contributed by atoms with Crippen LogP contribution in [0.4, 0.5) is 19.0 Å². The molecule has 1 aliphatic heterocycles. The molecule has 2 aliphatic rings. The zero-order valence-electron chi connectivity index (χ0n) is 15.9. The molecule has 8 heteroatoms. The molecule has 0 radical (unpaired) electrons. The largest absolute Gasteiger partial charge is 0.419 e. The van der Waals surface area contributed by atoms with Gasteiger partial charge in [-0.3, -0.25) is 4.79 Å². The van der Waals surface area contributed by atoms with Crippen molar-refractivity contribution in [3.8, 4) is 0 Å². The summed E-state index contributed by atoms with van der Waals surface area (Å²) in [5, 5.41) is 9.63. The highest BCUT2D eigenvalue weighted by atomic mass is 19.4. The summed E-state index contributed by atoms with van der Waals surface area (Å²) in [5.74, 6) is 0.238. The number of rotatable bonds is 6. The van der Waals surface area contributed by atoms with Gasteiger partial charge in [-0.15, -0.1) is 0 Å². The van der Waals surface area contributed by atoms with Crippen LogP contribution in [0, 0.1) is 5.92 Å². The van der Waals surface area contributed by atoms with Crippen molar-refractivity contribution >= 4 is 12.2 Å². The van der Waals surface area contributed by atoms with Crippen molar-refractivity contribution < 1.29 is 23.1 Å². The van der Waals surface area contributed by atoms with Gasteiger partial charge in [0.25, 0.3) is 0 Å². The molecular weight excluding hydrogens is 371 g/mol. The smallest absolute Gasteiger partial charge is 0.393 e. The highest BCUT2D eigenvalue weighted by Gasteiger charge is 2.36. The first-order chi connectivity index (χ1) is 13.4. The number of amides is 1. The number of pyridine rings is 1. The van der Waals surface area contributed by atoms with Gasteiger partial charge in [-0.05, 0) is 63.0 Å². The lowest BCUT2D eigenvalue weighted by atomic mass is 9.90. The Labute approximate surface area is 163 Å². The Balaban J connectivity index is 1.59. The molecule has 1 saturated carbocycles. The molecule has 3 rings (SSSR count). The van der Waals surface area contributed by atoms with Crippen LogP contribution in [-0.2, 0) is 11.0 Å². The SMILES string of the molecule is O=CN(CCC1CCCN(c2ncccc2C(F)(F)F)C1)C1CCC(O)CC1. The van der Waals surface area contributed by atoms with E-state index in [9.17, 15) is 23.1 Å². The molecule has 1 aromatic rings. The molecule has 1 amide bonds. The maximum atomic E-state index is 13.3. The van der Waals surface area contributed by atoms with Crippen LogP contribution in [0.25, 0.3) is 0 Å². The fraction of sp³-hybridized carbons (Fsp3) is 0.700. The third-order valence-electron chi connectivity index (χ3n) is 5.98. The van der Waals surface area contributed by atoms with Gasteiger partial charge in [0.15, 0.2) is 0 Å². The summed E-state index contributed by atoms with van der Waals surface area (Å²) in [5.41, 5.74) is -0.689. The van der Waals surface area contributed by atoms with E-state index in [0.29, 0.717) is 32.5 Å². The van der Waals surface area contributed by atoms with E-state index in [2.05, 4.69) is 4.98 Å². The highest BCUT2D eigenvalue weighted by molar-refractivity contribution is 5.49. The summed E-state index contributed by atoms with van der Waals surface area (Å²) >= 11 is 0. The van der Waals surface area contributed by atoms with Crippen molar-refractivity contribution in [2.45, 2.75) is 63.3 Å². The molecule has 1 saturated heterocycles. The van der Waals surface area contributed by atoms with E-state index >= 15 is 0 Å². The van der Waals surface area contributed by atoms with Crippen LogP contribution in [-0.4, -0.2) is 53.2 Å². The molecule has 156 valence electrons. The number of anilines is 1. The van der Waals surface area contributed by atoms with Gasteiger partial charge in [0.2, 0.25) is 6.41 Å². The summed E-state index contributed by atoms with van der Waals surface area (Å²) in [6.07, 6.45) is 3.16. The van der Waals surface area contributed by atoms with E-state index < -0.39 is 11.7 Å². The first-order valence-corrected chi connectivity index (χ1v) is 10.0. The van der Waals surface area contributed by atoms with Crippen LogP contribution in [0.2, 0.25) is 0 Å². The Kier molecular flexibility index (Phi) is 6.80. The predicted octanol–water partition coefficient (Wildman–Crippen LogP) is 3.47. The van der Waals surface area contributed by atoms with Crippen LogP contribution >= 0.6 is 0 Å². The van der Waals surface area contributed by atoms with Gasteiger partial charge in [0.1, 0.15) is 5.82 Å². The zero-order valence-corrected chi connectivity index (χ0v) is 15.9. The second-order valence-corrected chi connectivity index (χ2v) is 7.92. The van der Waals surface area contributed by atoms with Gasteiger partial charge >= 0.3 is 6.18 Å². The van der Waals surface area contributed by atoms with Crippen LogP contribution in [0.5, 0.6) is 0 Å². The standard InChI is InChI=1S/C20H28F3N3O2/c21-20(22,23)18-4-1-10-24-19(18)25-11-2-3-15(13-25)9-12-26(14-27)16-5-7-17(28)8-6-16/h1,4,10,14-17,28H,2-3,5-9,11-13H2. The van der Waals surface area contributed by atoms with Gasteiger partial charge in [-0.25, -0.2) is 4.98 Å². The molecule has 1 unspecified atom stereocenters. The van der Waals surface area contributed by atoms with Gasteiger partial charge in [-0.2, -0.15) is 13.2 Å². The lowest BCUT2D eigenvalue weighted by Crippen LogP contribution is -2.41. The Bertz CT molecular complexity index is 648. The van der Waals surface area contributed by atoms with Gasteiger partial charge in [0, 0.05) is 31.9 Å². The van der Waals surface area contributed by atoms with E-state index in [-0.39, 0.29) is 23.9 Å². The van der Waals surface area contributed by atoms with Gasteiger partial charge in [-0.1, -0.05) is 0 Å². The summed E-state index contributed by atoms with van der Waals surface area (Å²) in [6.45, 7) is 1.70. The lowest BCUT2D eigenvalue weighted by Gasteiger charge is -2.37. The first-order valence-electron chi connectivity index (χ1n) is 10.0. The summed E-state index contributed by atoms with van der Waals surface area (Å²) in [6, 6.07) is 2.56. The van der Waals surface area contributed by atoms with Crippen LogP contribution in [0.15, 0.2) is 18.3 Å². The maximum absolute atomic E-state index is 13.3. The van der Waals surface area contributed by atoms with Crippen molar-refractivity contribution in [2.24, 2.45) is 5.92 Å². The van der Waals surface area contributed by atoms with Crippen molar-refractivity contribution in [1.29, 1.82) is 0 Å². The normalized spacial score (nSPS) is 26.1. The second kappa shape index (κ2) is 9.11. The Hall–Kier alpha value is -1.83. The minimum atomic E-state index is -4.42. The average molecular weight is 399 g/mol. The quantitative estimate of drug-likeness (QED) is 0.745. The van der Waals surface area contributed by atoms with Crippen molar-refractivity contribution in [3.63, 3.8) is 0 Å². The number of hydrogen-bond donors (Lipinski definition) is 1. The van der Waals surface area contributed by atoms with Crippen LogP contribution in [0.3, 0.4) is 0 Å². The molecule has 5 nitrogen and oxygen atoms in total. The van der Waals surface area contributed by atoms with Gasteiger partial charge in [0.05, 0.1) is 11.7 Å². The fourth-order valence-corrected chi connectivity index (χ4v) is 4.41. The minimum absolute atomic E-state index is 0.00760. The summed E-state index contributed by atoms with van der Waals surface area (Å²) in [7, 11) is 0. The number of aromatic nitrogens is 1. The molecule has 0 aromatic carbocycles. The Morgan fingerprint density at radius 3 is 2.68 bits per heavy atom. The van der Waals surface area contributed by atoms with E-state index in [0.717, 1.165) is 44.6 Å². The highest BCUT2D eigenvalue weighted by Crippen LogP contribution is 2.36. The monoisotopic (exact) mass is 399 g/mol. The van der Waals surface area contributed by atoms with E-state index in [1.165, 1.54) is 12.3 Å².